The number of ether oxygens (including phenoxy) is 3. The van der Waals surface area contributed by atoms with Gasteiger partial charge in [0.2, 0.25) is 0 Å². The van der Waals surface area contributed by atoms with Crippen molar-refractivity contribution in [1.29, 1.82) is 0 Å². The SMILES string of the molecule is CCOC(C)OCC.ClC1=C(Cl)C2(Cl)C3C4CC(C5OC45)C3C1(Cl)C2(Cl)Cl. The summed E-state index contributed by atoms with van der Waals surface area (Å²) in [6, 6.07) is 0. The number of rotatable bonds is 4. The summed E-state index contributed by atoms with van der Waals surface area (Å²) in [5.41, 5.74) is 0. The van der Waals surface area contributed by atoms with Crippen LogP contribution in [0.4, 0.5) is 0 Å². The summed E-state index contributed by atoms with van der Waals surface area (Å²) in [6.07, 6.45) is 1.60. The van der Waals surface area contributed by atoms with Gasteiger partial charge in [-0.15, -0.1) is 23.2 Å². The molecule has 8 unspecified atom stereocenters. The van der Waals surface area contributed by atoms with Crippen LogP contribution in [0.25, 0.3) is 0 Å². The maximum absolute atomic E-state index is 6.82. The molecule has 4 aliphatic carbocycles. The van der Waals surface area contributed by atoms with Crippen molar-refractivity contribution in [2.24, 2.45) is 23.7 Å². The molecule has 9 heteroatoms. The van der Waals surface area contributed by atoms with E-state index < -0.39 is 14.1 Å². The second kappa shape index (κ2) is 6.93. The molecule has 1 aliphatic heterocycles. The summed E-state index contributed by atoms with van der Waals surface area (Å²) in [6.45, 7) is 7.25. The Kier molecular flexibility index (Phi) is 5.54. The first kappa shape index (κ1) is 21.6. The summed E-state index contributed by atoms with van der Waals surface area (Å²) in [5, 5.41) is 0.642. The van der Waals surface area contributed by atoms with Crippen LogP contribution in [0, 0.1) is 23.7 Å². The third-order valence-corrected chi connectivity index (χ3v) is 11.0. The quantitative estimate of drug-likeness (QED) is 0.210. The number of hydrogen-bond acceptors (Lipinski definition) is 3. The zero-order valence-electron chi connectivity index (χ0n) is 15.2. The Morgan fingerprint density at radius 2 is 1.33 bits per heavy atom. The number of fused-ring (bicyclic) bond motifs is 12. The fraction of sp³-hybridized carbons (Fsp3) is 0.889. The van der Waals surface area contributed by atoms with E-state index in [0.717, 1.165) is 19.6 Å². The molecular formula is C18H22Cl6O3. The van der Waals surface area contributed by atoms with Crippen LogP contribution in [0.2, 0.25) is 0 Å². The Labute approximate surface area is 189 Å². The zero-order chi connectivity index (χ0) is 19.9. The van der Waals surface area contributed by atoms with Gasteiger partial charge in [0.05, 0.1) is 22.3 Å². The summed E-state index contributed by atoms with van der Waals surface area (Å²) >= 11 is 39.5. The molecule has 0 N–H and O–H groups in total. The predicted molar refractivity (Wildman–Crippen MR) is 110 cm³/mol. The first-order valence-electron chi connectivity index (χ1n) is 9.29. The fourth-order valence-corrected chi connectivity index (χ4v) is 8.95. The second-order valence-corrected chi connectivity index (χ2v) is 11.1. The molecule has 5 rings (SSSR count). The lowest BCUT2D eigenvalue weighted by molar-refractivity contribution is -0.123. The molecule has 4 bridgehead atoms. The number of hydrogen-bond donors (Lipinski definition) is 0. The summed E-state index contributed by atoms with van der Waals surface area (Å²) in [4.78, 5) is -2.17. The average molecular weight is 499 g/mol. The number of halogens is 6. The highest BCUT2D eigenvalue weighted by molar-refractivity contribution is 6.65. The van der Waals surface area contributed by atoms with E-state index in [2.05, 4.69) is 0 Å². The minimum Gasteiger partial charge on any atom is -0.369 e. The molecular weight excluding hydrogens is 477 g/mol. The van der Waals surface area contributed by atoms with Crippen molar-refractivity contribution in [2.45, 2.75) is 59.8 Å². The molecule has 0 aromatic carbocycles. The largest absolute Gasteiger partial charge is 0.369 e. The number of allylic oxidation sites excluding steroid dienone is 2. The van der Waals surface area contributed by atoms with Crippen LogP contribution in [0.15, 0.2) is 10.1 Å². The molecule has 5 aliphatic rings. The third-order valence-electron chi connectivity index (χ3n) is 6.73. The maximum Gasteiger partial charge on any atom is 0.166 e. The lowest BCUT2D eigenvalue weighted by Gasteiger charge is -2.38. The molecule has 1 heterocycles. The van der Waals surface area contributed by atoms with Crippen molar-refractivity contribution in [3.05, 3.63) is 10.1 Å². The maximum atomic E-state index is 6.82. The van der Waals surface area contributed by atoms with Crippen LogP contribution in [0.5, 0.6) is 0 Å². The molecule has 0 amide bonds. The molecule has 27 heavy (non-hydrogen) atoms. The van der Waals surface area contributed by atoms with Gasteiger partial charge in [0.1, 0.15) is 9.75 Å². The van der Waals surface area contributed by atoms with Crippen LogP contribution < -0.4 is 0 Å². The van der Waals surface area contributed by atoms with Crippen LogP contribution >= 0.6 is 69.6 Å². The smallest absolute Gasteiger partial charge is 0.166 e. The van der Waals surface area contributed by atoms with Crippen LogP contribution in [0.1, 0.15) is 27.2 Å². The average Bonchev–Trinajstić information content (AvgIpc) is 3.15. The Hall–Kier alpha value is 1.36. The second-order valence-electron chi connectivity index (χ2n) is 7.78. The lowest BCUT2D eigenvalue weighted by atomic mass is 9.73. The summed E-state index contributed by atoms with van der Waals surface area (Å²) in [5.74, 6) is 0.776. The molecule has 8 atom stereocenters. The molecule has 0 spiro atoms. The van der Waals surface area contributed by atoms with Crippen LogP contribution in [-0.2, 0) is 14.2 Å². The van der Waals surface area contributed by atoms with Gasteiger partial charge in [-0.1, -0.05) is 46.4 Å². The van der Waals surface area contributed by atoms with Gasteiger partial charge in [-0.3, -0.25) is 0 Å². The van der Waals surface area contributed by atoms with Gasteiger partial charge in [0.25, 0.3) is 0 Å². The van der Waals surface area contributed by atoms with E-state index in [1.807, 2.05) is 20.8 Å². The van der Waals surface area contributed by atoms with Crippen molar-refractivity contribution >= 4 is 69.6 Å². The van der Waals surface area contributed by atoms with Gasteiger partial charge < -0.3 is 14.2 Å². The minimum atomic E-state index is -1.37. The van der Waals surface area contributed by atoms with Crippen LogP contribution in [0.3, 0.4) is 0 Å². The highest BCUT2D eigenvalue weighted by atomic mass is 35.5. The monoisotopic (exact) mass is 496 g/mol. The van der Waals surface area contributed by atoms with Crippen molar-refractivity contribution in [3.63, 3.8) is 0 Å². The summed E-state index contributed by atoms with van der Waals surface area (Å²) < 4.78 is 14.5. The fourth-order valence-electron chi connectivity index (χ4n) is 5.82. The highest BCUT2D eigenvalue weighted by Crippen LogP contribution is 2.84. The van der Waals surface area contributed by atoms with E-state index in [9.17, 15) is 0 Å². The van der Waals surface area contributed by atoms with E-state index in [-0.39, 0.29) is 30.3 Å². The highest BCUT2D eigenvalue weighted by Gasteiger charge is 2.89. The summed E-state index contributed by atoms with van der Waals surface area (Å²) in [7, 11) is 0. The minimum absolute atomic E-state index is 0.0370. The Morgan fingerprint density at radius 1 is 0.926 bits per heavy atom. The van der Waals surface area contributed by atoms with Crippen molar-refractivity contribution < 1.29 is 14.2 Å². The molecule has 154 valence electrons. The molecule has 0 aromatic rings. The van der Waals surface area contributed by atoms with E-state index in [0.29, 0.717) is 21.9 Å². The molecule has 0 aromatic heterocycles. The lowest BCUT2D eigenvalue weighted by Crippen LogP contribution is -2.46. The number of alkyl halides is 4. The van der Waals surface area contributed by atoms with Crippen molar-refractivity contribution in [2.75, 3.05) is 13.2 Å². The zero-order valence-corrected chi connectivity index (χ0v) is 19.7. The molecule has 1 saturated heterocycles. The normalized spacial score (nSPS) is 50.0. The van der Waals surface area contributed by atoms with E-state index >= 15 is 0 Å². The Balaban J connectivity index is 0.000000195. The number of epoxide rings is 1. The molecule has 3 saturated carbocycles. The predicted octanol–water partition coefficient (Wildman–Crippen LogP) is 5.89. The van der Waals surface area contributed by atoms with Crippen LogP contribution in [-0.4, -0.2) is 45.8 Å². The van der Waals surface area contributed by atoms with Gasteiger partial charge >= 0.3 is 0 Å². The molecule has 3 nitrogen and oxygen atoms in total. The van der Waals surface area contributed by atoms with Crippen molar-refractivity contribution in [1.82, 2.24) is 0 Å². The van der Waals surface area contributed by atoms with Crippen molar-refractivity contribution in [3.8, 4) is 0 Å². The molecule has 4 fully saturated rings. The van der Waals surface area contributed by atoms with E-state index in [4.69, 9.17) is 83.8 Å². The van der Waals surface area contributed by atoms with E-state index in [1.165, 1.54) is 0 Å². The first-order chi connectivity index (χ1) is 12.6. The van der Waals surface area contributed by atoms with Gasteiger partial charge in [-0.25, -0.2) is 0 Å². The van der Waals surface area contributed by atoms with Gasteiger partial charge in [-0.05, 0) is 50.9 Å². The van der Waals surface area contributed by atoms with Gasteiger partial charge in [0, 0.05) is 13.2 Å². The Bertz CT molecular complexity index is 621. The Morgan fingerprint density at radius 3 is 1.70 bits per heavy atom. The van der Waals surface area contributed by atoms with E-state index in [1.54, 1.807) is 0 Å². The van der Waals surface area contributed by atoms with Gasteiger partial charge in [0.15, 0.2) is 10.6 Å². The first-order valence-corrected chi connectivity index (χ1v) is 11.6. The molecule has 0 radical (unpaired) electrons. The topological polar surface area (TPSA) is 31.0 Å². The third kappa shape index (κ3) is 2.53. The van der Waals surface area contributed by atoms with Gasteiger partial charge in [-0.2, -0.15) is 0 Å². The standard InChI is InChI=1S/C12H8Cl6O.C6H14O2/c13-8-9(14)11(16)5-3-1-2(6-7(3)19-6)4(5)10(8,15)12(11,17)18;1-4-7-6(3)8-5-2/h2-7H,1H2;6H,4-5H2,1-3H3.